The molecule has 0 radical (unpaired) electrons. The molecule has 9 nitrogen and oxygen atoms in total. The molecule has 174 valence electrons. The van der Waals surface area contributed by atoms with Gasteiger partial charge in [0.2, 0.25) is 5.78 Å². The molecule has 1 heterocycles. The normalized spacial score (nSPS) is 11.2. The highest BCUT2D eigenvalue weighted by molar-refractivity contribution is 6.30. The molecule has 3 aromatic carbocycles. The van der Waals surface area contributed by atoms with Gasteiger partial charge in [-0.05, 0) is 35.4 Å². The van der Waals surface area contributed by atoms with Gasteiger partial charge in [0, 0.05) is 15.4 Å². The Balaban J connectivity index is 1.63. The van der Waals surface area contributed by atoms with E-state index in [1.165, 1.54) is 12.4 Å². The standard InChI is InChI=1S/C25H19ClN6O3/c26-21-13-11-20(12-14-21)22(33)17-31-23(24(34)29-27-15-18-7-3-1-4-8-18)25(35)32(30-31)28-16-19-9-5-2-6-10-19/h1-16H,17H2,(H-,29,30,34,35)/p+1. The van der Waals surface area contributed by atoms with Crippen molar-refractivity contribution in [1.29, 1.82) is 0 Å². The predicted molar refractivity (Wildman–Crippen MR) is 132 cm³/mol. The maximum atomic E-state index is 13.0. The van der Waals surface area contributed by atoms with Crippen molar-refractivity contribution in [3.05, 3.63) is 123 Å². The topological polar surface area (TPSA) is 113 Å². The molecule has 0 saturated heterocycles. The molecule has 35 heavy (non-hydrogen) atoms. The second kappa shape index (κ2) is 11.0. The van der Waals surface area contributed by atoms with Crippen molar-refractivity contribution in [3.63, 3.8) is 0 Å². The SMILES string of the molecule is O=C(C[n+]1[nH]n(N=Cc2ccccc2)c(=O)c1C(=O)N/N=C/c1ccccc1)c1ccc(Cl)cc1. The highest BCUT2D eigenvalue weighted by Gasteiger charge is 2.30. The maximum Gasteiger partial charge on any atom is 0.432 e. The third-order valence-corrected chi connectivity index (χ3v) is 5.12. The van der Waals surface area contributed by atoms with Gasteiger partial charge in [0.05, 0.1) is 12.4 Å². The van der Waals surface area contributed by atoms with E-state index in [9.17, 15) is 14.4 Å². The number of carbonyl (C=O) groups is 2. The van der Waals surface area contributed by atoms with Crippen molar-refractivity contribution in [3.8, 4) is 0 Å². The van der Waals surface area contributed by atoms with Crippen molar-refractivity contribution >= 4 is 35.7 Å². The monoisotopic (exact) mass is 487 g/mol. The molecule has 0 saturated carbocycles. The van der Waals surface area contributed by atoms with Crippen LogP contribution in [0.4, 0.5) is 0 Å². The summed E-state index contributed by atoms with van der Waals surface area (Å²) in [5.74, 6) is -1.13. The first kappa shape index (κ1) is 23.5. The van der Waals surface area contributed by atoms with E-state index < -0.39 is 11.5 Å². The number of hydrazone groups is 1. The fourth-order valence-corrected chi connectivity index (χ4v) is 3.26. The van der Waals surface area contributed by atoms with Crippen LogP contribution in [-0.2, 0) is 6.54 Å². The Morgan fingerprint density at radius 2 is 1.51 bits per heavy atom. The number of nitrogens with one attached hydrogen (secondary N) is 2. The van der Waals surface area contributed by atoms with Gasteiger partial charge in [-0.15, -0.1) is 4.68 Å². The number of amides is 1. The Morgan fingerprint density at radius 1 is 0.914 bits per heavy atom. The summed E-state index contributed by atoms with van der Waals surface area (Å²) >= 11 is 5.90. The average Bonchev–Trinajstić information content (AvgIpc) is 3.18. The van der Waals surface area contributed by atoms with Crippen LogP contribution in [0.5, 0.6) is 0 Å². The molecule has 1 amide bonds. The quantitative estimate of drug-likeness (QED) is 0.172. The van der Waals surface area contributed by atoms with E-state index in [1.807, 2.05) is 60.7 Å². The van der Waals surface area contributed by atoms with Gasteiger partial charge >= 0.3 is 17.2 Å². The van der Waals surface area contributed by atoms with E-state index in [-0.39, 0.29) is 18.0 Å². The second-order valence-corrected chi connectivity index (χ2v) is 7.78. The van der Waals surface area contributed by atoms with Crippen LogP contribution in [0.1, 0.15) is 32.0 Å². The summed E-state index contributed by atoms with van der Waals surface area (Å²) in [6, 6.07) is 24.6. The van der Waals surface area contributed by atoms with Gasteiger partial charge < -0.3 is 0 Å². The van der Waals surface area contributed by atoms with E-state index in [2.05, 4.69) is 20.8 Å². The maximum absolute atomic E-state index is 13.0. The van der Waals surface area contributed by atoms with Gasteiger partial charge in [0.15, 0.2) is 6.54 Å². The van der Waals surface area contributed by atoms with Crippen LogP contribution in [0.2, 0.25) is 5.02 Å². The van der Waals surface area contributed by atoms with Gasteiger partial charge in [0.1, 0.15) is 0 Å². The number of ketones is 1. The number of Topliss-reactive ketones (excluding diaryl/α,β-unsaturated/α-hetero) is 1. The number of H-pyrrole nitrogens is 1. The lowest BCUT2D eigenvalue weighted by Crippen LogP contribution is -2.48. The van der Waals surface area contributed by atoms with Crippen LogP contribution in [0.25, 0.3) is 0 Å². The Hall–Kier alpha value is -4.63. The molecular formula is C25H20ClN6O3+. The highest BCUT2D eigenvalue weighted by atomic mass is 35.5. The molecule has 0 aliphatic carbocycles. The van der Waals surface area contributed by atoms with Crippen molar-refractivity contribution in [2.24, 2.45) is 10.2 Å². The van der Waals surface area contributed by atoms with Gasteiger partial charge in [-0.25, -0.2) is 10.2 Å². The fraction of sp³-hybridized carbons (Fsp3) is 0.0400. The number of aromatic amines is 1. The van der Waals surface area contributed by atoms with Gasteiger partial charge in [0.25, 0.3) is 0 Å². The Kier molecular flexibility index (Phi) is 7.39. The van der Waals surface area contributed by atoms with E-state index in [1.54, 1.807) is 24.3 Å². The van der Waals surface area contributed by atoms with Gasteiger partial charge in [-0.2, -0.15) is 5.10 Å². The van der Waals surface area contributed by atoms with Crippen molar-refractivity contribution in [2.75, 3.05) is 0 Å². The molecular weight excluding hydrogens is 468 g/mol. The molecule has 0 spiro atoms. The van der Waals surface area contributed by atoms with Crippen LogP contribution in [0.15, 0.2) is 99.9 Å². The molecule has 0 aliphatic heterocycles. The predicted octanol–water partition coefficient (Wildman–Crippen LogP) is 2.65. The first-order valence-electron chi connectivity index (χ1n) is 10.5. The second-order valence-electron chi connectivity index (χ2n) is 7.35. The smallest absolute Gasteiger partial charge is 0.290 e. The zero-order valence-corrected chi connectivity index (χ0v) is 19.1. The Bertz CT molecular complexity index is 1440. The number of nitrogens with zero attached hydrogens (tertiary/aromatic N) is 4. The van der Waals surface area contributed by atoms with E-state index in [0.717, 1.165) is 20.6 Å². The van der Waals surface area contributed by atoms with Gasteiger partial charge in [-0.3, -0.25) is 9.59 Å². The lowest BCUT2D eigenvalue weighted by molar-refractivity contribution is -0.744. The summed E-state index contributed by atoms with van der Waals surface area (Å²) < 4.78 is 1.13. The van der Waals surface area contributed by atoms with E-state index in [0.29, 0.717) is 10.6 Å². The zero-order valence-electron chi connectivity index (χ0n) is 18.3. The number of rotatable bonds is 8. The lowest BCUT2D eigenvalue weighted by Gasteiger charge is -2.00. The van der Waals surface area contributed by atoms with Crippen LogP contribution in [0.3, 0.4) is 0 Å². The Labute approximate surface area is 205 Å². The van der Waals surface area contributed by atoms with Gasteiger partial charge in [-0.1, -0.05) is 82.6 Å². The largest absolute Gasteiger partial charge is 0.432 e. The van der Waals surface area contributed by atoms with E-state index in [4.69, 9.17) is 11.6 Å². The molecule has 1 aromatic heterocycles. The highest BCUT2D eigenvalue weighted by Crippen LogP contribution is 2.10. The molecule has 4 rings (SSSR count). The van der Waals surface area contributed by atoms with Crippen molar-refractivity contribution < 1.29 is 14.3 Å². The summed E-state index contributed by atoms with van der Waals surface area (Å²) in [6.45, 7) is -0.310. The molecule has 0 bridgehead atoms. The van der Waals surface area contributed by atoms with E-state index >= 15 is 0 Å². The summed E-state index contributed by atoms with van der Waals surface area (Å²) in [4.78, 5) is 39.6. The summed E-state index contributed by atoms with van der Waals surface area (Å²) in [6.07, 6.45) is 2.90. The average molecular weight is 488 g/mol. The molecule has 10 heteroatoms. The van der Waals surface area contributed by atoms with Crippen LogP contribution >= 0.6 is 11.6 Å². The molecule has 0 aliphatic rings. The third-order valence-electron chi connectivity index (χ3n) is 4.86. The van der Waals surface area contributed by atoms with Crippen LogP contribution < -0.4 is 15.7 Å². The number of hydrogen-bond donors (Lipinski definition) is 2. The van der Waals surface area contributed by atoms with Crippen LogP contribution in [-0.4, -0.2) is 34.1 Å². The molecule has 0 unspecified atom stereocenters. The number of halogens is 1. The number of aromatic nitrogens is 3. The third kappa shape index (κ3) is 6.04. The number of benzene rings is 3. The molecule has 4 aromatic rings. The minimum absolute atomic E-state index is 0.310. The lowest BCUT2D eigenvalue weighted by atomic mass is 10.1. The molecule has 0 atom stereocenters. The summed E-state index contributed by atoms with van der Waals surface area (Å²) in [5, 5.41) is 11.2. The minimum Gasteiger partial charge on any atom is -0.290 e. The number of carbonyl (C=O) groups excluding carboxylic acids is 2. The van der Waals surface area contributed by atoms with Crippen molar-refractivity contribution in [1.82, 2.24) is 15.4 Å². The zero-order chi connectivity index (χ0) is 24.6. The molecule has 0 fully saturated rings. The van der Waals surface area contributed by atoms with Crippen molar-refractivity contribution in [2.45, 2.75) is 6.54 Å². The minimum atomic E-state index is -0.795. The van der Waals surface area contributed by atoms with Crippen LogP contribution in [0, 0.1) is 0 Å². The summed E-state index contributed by atoms with van der Waals surface area (Å²) in [7, 11) is 0. The first-order valence-corrected chi connectivity index (χ1v) is 10.9. The first-order chi connectivity index (χ1) is 17.0. The fourth-order valence-electron chi connectivity index (χ4n) is 3.13. The Morgan fingerprint density at radius 3 is 2.14 bits per heavy atom. The number of hydrogen-bond acceptors (Lipinski definition) is 5. The summed E-state index contributed by atoms with van der Waals surface area (Å²) in [5.41, 5.74) is 3.14. The molecule has 2 N–H and O–H groups in total.